The van der Waals surface area contributed by atoms with Crippen LogP contribution in [0.2, 0.25) is 0 Å². The topological polar surface area (TPSA) is 76.0 Å². The Kier molecular flexibility index (Phi) is 6.72. The molecule has 2 aliphatic heterocycles. The van der Waals surface area contributed by atoms with Crippen LogP contribution in [0.25, 0.3) is 0 Å². The van der Waals surface area contributed by atoms with E-state index in [9.17, 15) is 15.0 Å². The number of carbonyl (C=O) groups excluding carboxylic acids is 1. The minimum Gasteiger partial charge on any atom is -0.458 e. The van der Waals surface area contributed by atoms with Gasteiger partial charge in [0.25, 0.3) is 0 Å². The minimum atomic E-state index is -1.21. The summed E-state index contributed by atoms with van der Waals surface area (Å²) in [5.74, 6) is -0.402. The first-order valence-corrected chi connectivity index (χ1v) is 9.73. The van der Waals surface area contributed by atoms with Crippen LogP contribution in [-0.2, 0) is 14.3 Å². The maximum atomic E-state index is 11.7. The number of carbonyl (C=O) groups is 1. The summed E-state index contributed by atoms with van der Waals surface area (Å²) in [6.07, 6.45) is 5.30. The molecule has 2 heterocycles. The summed E-state index contributed by atoms with van der Waals surface area (Å²) in [5, 5.41) is 21.9. The summed E-state index contributed by atoms with van der Waals surface area (Å²) < 4.78 is 11.7. The average Bonchev–Trinajstić information content (AvgIpc) is 2.51. The van der Waals surface area contributed by atoms with Crippen molar-refractivity contribution in [3.8, 4) is 0 Å². The third-order valence-electron chi connectivity index (χ3n) is 5.72. The molecule has 1 fully saturated rings. The van der Waals surface area contributed by atoms with Crippen molar-refractivity contribution in [1.82, 2.24) is 0 Å². The molecule has 0 aromatic rings. The van der Waals surface area contributed by atoms with Gasteiger partial charge in [-0.05, 0) is 59.0 Å². The van der Waals surface area contributed by atoms with E-state index in [0.29, 0.717) is 19.3 Å². The van der Waals surface area contributed by atoms with E-state index in [1.165, 1.54) is 6.92 Å². The predicted octanol–water partition coefficient (Wildman–Crippen LogP) is 3.60. The van der Waals surface area contributed by atoms with Crippen molar-refractivity contribution in [2.45, 2.75) is 96.2 Å². The first-order chi connectivity index (χ1) is 12.4. The third-order valence-corrected chi connectivity index (χ3v) is 5.72. The summed E-state index contributed by atoms with van der Waals surface area (Å²) in [5.41, 5.74) is 0.615. The average molecular weight is 379 g/mol. The summed E-state index contributed by atoms with van der Waals surface area (Å²) >= 11 is 0. The van der Waals surface area contributed by atoms with Gasteiger partial charge in [0.1, 0.15) is 6.10 Å². The Labute approximate surface area is 162 Å². The molecular formula is C22H34O5. The zero-order valence-electron chi connectivity index (χ0n) is 17.2. The molecule has 5 atom stereocenters. The van der Waals surface area contributed by atoms with E-state index < -0.39 is 29.4 Å². The van der Waals surface area contributed by atoms with Crippen molar-refractivity contribution in [3.63, 3.8) is 0 Å². The van der Waals surface area contributed by atoms with E-state index in [1.807, 2.05) is 26.0 Å². The highest BCUT2D eigenvalue weighted by molar-refractivity contribution is 5.66. The zero-order valence-corrected chi connectivity index (χ0v) is 17.2. The number of allylic oxidation sites excluding steroid dienone is 3. The van der Waals surface area contributed by atoms with Crippen LogP contribution in [0.5, 0.6) is 0 Å². The summed E-state index contributed by atoms with van der Waals surface area (Å²) in [4.78, 5) is 11.7. The maximum Gasteiger partial charge on any atom is 0.303 e. The molecule has 1 saturated heterocycles. The number of hydrogen-bond acceptors (Lipinski definition) is 5. The molecular weight excluding hydrogens is 344 g/mol. The number of fused-ring (bicyclic) bond motifs is 2. The molecule has 0 aromatic heterocycles. The van der Waals surface area contributed by atoms with E-state index in [2.05, 4.69) is 6.58 Å². The lowest BCUT2D eigenvalue weighted by Gasteiger charge is -2.46. The van der Waals surface area contributed by atoms with Gasteiger partial charge in [0.15, 0.2) is 0 Å². The number of rotatable bonds is 2. The Bertz CT molecular complexity index is 641. The molecule has 2 bridgehead atoms. The van der Waals surface area contributed by atoms with Crippen LogP contribution < -0.4 is 0 Å². The first-order valence-electron chi connectivity index (χ1n) is 9.73. The van der Waals surface area contributed by atoms with Crippen LogP contribution in [0.4, 0.5) is 0 Å². The van der Waals surface area contributed by atoms with Gasteiger partial charge in [-0.2, -0.15) is 0 Å². The monoisotopic (exact) mass is 378 g/mol. The van der Waals surface area contributed by atoms with Crippen LogP contribution in [0.1, 0.15) is 66.7 Å². The Balaban J connectivity index is 2.46. The van der Waals surface area contributed by atoms with Crippen molar-refractivity contribution in [2.24, 2.45) is 0 Å². The molecule has 0 saturated carbocycles. The van der Waals surface area contributed by atoms with Gasteiger partial charge in [0.05, 0.1) is 23.4 Å². The molecule has 5 heteroatoms. The lowest BCUT2D eigenvalue weighted by atomic mass is 9.79. The highest BCUT2D eigenvalue weighted by atomic mass is 16.5. The van der Waals surface area contributed by atoms with E-state index in [4.69, 9.17) is 9.47 Å². The quantitative estimate of drug-likeness (QED) is 0.718. The zero-order chi connectivity index (χ0) is 20.4. The number of ether oxygens (including phenoxy) is 2. The normalized spacial score (nSPS) is 41.8. The SMILES string of the molecule is C=C(C)/C1=C/C=C(/C)CC[C@@H]2O[C@H](CC[C@@]2(C)O)[C@@](C)(O)C[C@H]1OC(C)=O. The maximum absolute atomic E-state index is 11.7. The van der Waals surface area contributed by atoms with Gasteiger partial charge in [-0.1, -0.05) is 29.9 Å². The summed E-state index contributed by atoms with van der Waals surface area (Å²) in [6.45, 7) is 12.8. The Hall–Kier alpha value is -1.43. The molecule has 2 aliphatic rings. The fourth-order valence-electron chi connectivity index (χ4n) is 3.95. The van der Waals surface area contributed by atoms with Crippen LogP contribution in [0.3, 0.4) is 0 Å². The van der Waals surface area contributed by atoms with E-state index in [-0.39, 0.29) is 12.5 Å². The van der Waals surface area contributed by atoms with Gasteiger partial charge < -0.3 is 19.7 Å². The smallest absolute Gasteiger partial charge is 0.303 e. The molecule has 0 radical (unpaired) electrons. The Morgan fingerprint density at radius 2 is 1.81 bits per heavy atom. The highest BCUT2D eigenvalue weighted by Gasteiger charge is 2.46. The molecule has 5 nitrogen and oxygen atoms in total. The first kappa shape index (κ1) is 21.9. The van der Waals surface area contributed by atoms with E-state index in [1.54, 1.807) is 13.8 Å². The molecule has 2 rings (SSSR count). The molecule has 27 heavy (non-hydrogen) atoms. The molecule has 2 N–H and O–H groups in total. The minimum absolute atomic E-state index is 0.206. The fraction of sp³-hybridized carbons (Fsp3) is 0.682. The van der Waals surface area contributed by atoms with Crippen molar-refractivity contribution in [3.05, 3.63) is 35.5 Å². The lowest BCUT2D eigenvalue weighted by Crippen LogP contribution is -2.55. The van der Waals surface area contributed by atoms with E-state index >= 15 is 0 Å². The molecule has 0 unspecified atom stereocenters. The predicted molar refractivity (Wildman–Crippen MR) is 105 cm³/mol. The number of hydrogen-bond donors (Lipinski definition) is 2. The molecule has 0 spiro atoms. The molecule has 0 amide bonds. The van der Waals surface area contributed by atoms with Crippen LogP contribution in [0.15, 0.2) is 35.5 Å². The standard InChI is InChI=1S/C22H34O5/c1-14(2)17-9-7-15(3)8-10-19-21(5,24)12-11-20(27-19)22(6,25)13-18(17)26-16(4)23/h7,9,18-20,24-25H,1,8,10-13H2,2-6H3/b15-7-,17-9-/t18-,19+,20-,21-,22+/m1/s1. The lowest BCUT2D eigenvalue weighted by molar-refractivity contribution is -0.219. The molecule has 0 aliphatic carbocycles. The van der Waals surface area contributed by atoms with Crippen LogP contribution in [0, 0.1) is 0 Å². The van der Waals surface area contributed by atoms with Gasteiger partial charge in [-0.3, -0.25) is 4.79 Å². The van der Waals surface area contributed by atoms with Gasteiger partial charge in [-0.25, -0.2) is 0 Å². The largest absolute Gasteiger partial charge is 0.458 e. The fourth-order valence-corrected chi connectivity index (χ4v) is 3.95. The van der Waals surface area contributed by atoms with Crippen molar-refractivity contribution >= 4 is 5.97 Å². The number of aliphatic hydroxyl groups is 2. The van der Waals surface area contributed by atoms with Gasteiger partial charge in [0.2, 0.25) is 0 Å². The second-order valence-electron chi connectivity index (χ2n) is 8.62. The van der Waals surface area contributed by atoms with Gasteiger partial charge in [-0.15, -0.1) is 0 Å². The van der Waals surface area contributed by atoms with Gasteiger partial charge in [0, 0.05) is 13.3 Å². The number of esters is 1. The molecule has 152 valence electrons. The summed E-state index contributed by atoms with van der Waals surface area (Å²) in [6, 6.07) is 0. The van der Waals surface area contributed by atoms with Crippen LogP contribution in [-0.4, -0.2) is 45.7 Å². The van der Waals surface area contributed by atoms with E-state index in [0.717, 1.165) is 23.1 Å². The molecule has 0 aromatic carbocycles. The van der Waals surface area contributed by atoms with Crippen molar-refractivity contribution < 1.29 is 24.5 Å². The highest BCUT2D eigenvalue weighted by Crippen LogP contribution is 2.38. The summed E-state index contributed by atoms with van der Waals surface area (Å²) in [7, 11) is 0. The third kappa shape index (κ3) is 5.53. The Morgan fingerprint density at radius 3 is 2.41 bits per heavy atom. The second-order valence-corrected chi connectivity index (χ2v) is 8.62. The van der Waals surface area contributed by atoms with Crippen molar-refractivity contribution in [2.75, 3.05) is 0 Å². The van der Waals surface area contributed by atoms with Crippen molar-refractivity contribution in [1.29, 1.82) is 0 Å². The second kappa shape index (κ2) is 8.29. The van der Waals surface area contributed by atoms with Gasteiger partial charge >= 0.3 is 5.97 Å². The Morgan fingerprint density at radius 1 is 1.19 bits per heavy atom. The van der Waals surface area contributed by atoms with Crippen LogP contribution >= 0.6 is 0 Å².